The number of hydrogen-bond donors (Lipinski definition) is 0. The van der Waals surface area contributed by atoms with Gasteiger partial charge in [0.1, 0.15) is 6.29 Å². The first-order chi connectivity index (χ1) is 14.1. The van der Waals surface area contributed by atoms with Gasteiger partial charge in [-0.2, -0.15) is 0 Å². The predicted octanol–water partition coefficient (Wildman–Crippen LogP) is 6.09. The van der Waals surface area contributed by atoms with Gasteiger partial charge in [0.05, 0.1) is 24.9 Å². The fourth-order valence-corrected chi connectivity index (χ4v) is 4.52. The molecule has 0 aliphatic carbocycles. The van der Waals surface area contributed by atoms with Gasteiger partial charge in [-0.05, 0) is 70.8 Å². The molecular formula is C26H40O4. The molecular weight excluding hydrogens is 376 g/mol. The largest absolute Gasteiger partial charge is 0.376 e. The molecule has 2 rings (SSSR count). The normalized spacial score (nSPS) is 21.8. The van der Waals surface area contributed by atoms with E-state index >= 15 is 0 Å². The summed E-state index contributed by atoms with van der Waals surface area (Å²) >= 11 is 0. The third-order valence-corrected chi connectivity index (χ3v) is 6.08. The van der Waals surface area contributed by atoms with E-state index in [1.165, 1.54) is 11.1 Å². The first-order valence-corrected chi connectivity index (χ1v) is 11.3. The minimum absolute atomic E-state index is 0.0733. The molecule has 0 unspecified atom stereocenters. The molecule has 0 aromatic heterocycles. The van der Waals surface area contributed by atoms with E-state index in [0.29, 0.717) is 31.5 Å². The van der Waals surface area contributed by atoms with Crippen LogP contribution in [0.4, 0.5) is 0 Å². The molecule has 0 bridgehead atoms. The Balaban J connectivity index is 1.83. The molecule has 0 saturated carbocycles. The zero-order valence-corrected chi connectivity index (χ0v) is 19.5. The van der Waals surface area contributed by atoms with Crippen molar-refractivity contribution in [3.63, 3.8) is 0 Å². The first kappa shape index (κ1) is 24.8. The lowest BCUT2D eigenvalue weighted by atomic mass is 9.79. The predicted molar refractivity (Wildman–Crippen MR) is 121 cm³/mol. The lowest BCUT2D eigenvalue weighted by Gasteiger charge is -2.29. The highest BCUT2D eigenvalue weighted by atomic mass is 16.8. The fourth-order valence-electron chi connectivity index (χ4n) is 4.52. The molecule has 4 heteroatoms. The van der Waals surface area contributed by atoms with E-state index in [2.05, 4.69) is 39.5 Å². The molecule has 0 N–H and O–H groups in total. The van der Waals surface area contributed by atoms with Crippen molar-refractivity contribution in [1.29, 1.82) is 0 Å². The van der Waals surface area contributed by atoms with Crippen molar-refractivity contribution in [3.05, 3.63) is 48.0 Å². The molecule has 4 nitrogen and oxygen atoms in total. The quantitative estimate of drug-likeness (QED) is 0.222. The van der Waals surface area contributed by atoms with Crippen molar-refractivity contribution in [1.82, 2.24) is 0 Å². The molecule has 0 amide bonds. The monoisotopic (exact) mass is 416 g/mol. The van der Waals surface area contributed by atoms with E-state index in [4.69, 9.17) is 14.2 Å². The van der Waals surface area contributed by atoms with E-state index < -0.39 is 5.79 Å². The molecule has 3 atom stereocenters. The van der Waals surface area contributed by atoms with Gasteiger partial charge >= 0.3 is 0 Å². The van der Waals surface area contributed by atoms with E-state index in [1.54, 1.807) is 0 Å². The lowest BCUT2D eigenvalue weighted by molar-refractivity contribution is -0.157. The van der Waals surface area contributed by atoms with Gasteiger partial charge in [0.2, 0.25) is 0 Å². The summed E-state index contributed by atoms with van der Waals surface area (Å²) in [7, 11) is 0. The van der Waals surface area contributed by atoms with Crippen molar-refractivity contribution >= 4 is 6.29 Å². The van der Waals surface area contributed by atoms with Crippen LogP contribution in [0, 0.1) is 11.8 Å². The number of aldehydes is 1. The number of hydrogen-bond acceptors (Lipinski definition) is 4. The second-order valence-corrected chi connectivity index (χ2v) is 9.56. The molecule has 1 aliphatic heterocycles. The Morgan fingerprint density at radius 1 is 1.20 bits per heavy atom. The summed E-state index contributed by atoms with van der Waals surface area (Å²) in [6.45, 7) is 16.0. The van der Waals surface area contributed by atoms with Crippen LogP contribution < -0.4 is 0 Å². The Labute approximate surface area is 183 Å². The third-order valence-electron chi connectivity index (χ3n) is 6.08. The maximum absolute atomic E-state index is 11.0. The summed E-state index contributed by atoms with van der Waals surface area (Å²) < 4.78 is 18.0. The SMILES string of the molecule is C=C(CCOCc1ccccc1)[C@H](CCC=O)[C@H](C)CC[C@H]1OC(C)(C)OC1(C)C. The van der Waals surface area contributed by atoms with E-state index in [9.17, 15) is 4.79 Å². The topological polar surface area (TPSA) is 44.8 Å². The van der Waals surface area contributed by atoms with Gasteiger partial charge in [-0.15, -0.1) is 0 Å². The summed E-state index contributed by atoms with van der Waals surface area (Å²) in [4.78, 5) is 11.0. The van der Waals surface area contributed by atoms with Crippen LogP contribution in [0.2, 0.25) is 0 Å². The fraction of sp³-hybridized carbons (Fsp3) is 0.654. The van der Waals surface area contributed by atoms with Crippen LogP contribution in [0.25, 0.3) is 0 Å². The molecule has 1 aromatic carbocycles. The van der Waals surface area contributed by atoms with E-state index in [-0.39, 0.29) is 11.7 Å². The van der Waals surface area contributed by atoms with Gasteiger partial charge in [-0.25, -0.2) is 0 Å². The maximum Gasteiger partial charge on any atom is 0.164 e. The minimum Gasteiger partial charge on any atom is -0.376 e. The average molecular weight is 417 g/mol. The van der Waals surface area contributed by atoms with Crippen molar-refractivity contribution in [2.75, 3.05) is 6.61 Å². The molecule has 30 heavy (non-hydrogen) atoms. The third kappa shape index (κ3) is 7.64. The first-order valence-electron chi connectivity index (χ1n) is 11.3. The molecule has 0 radical (unpaired) electrons. The highest BCUT2D eigenvalue weighted by Crippen LogP contribution is 2.39. The molecule has 1 aromatic rings. The number of carbonyl (C=O) groups is 1. The second-order valence-electron chi connectivity index (χ2n) is 9.56. The number of carbonyl (C=O) groups excluding carboxylic acids is 1. The molecule has 168 valence electrons. The van der Waals surface area contributed by atoms with Crippen LogP contribution in [0.5, 0.6) is 0 Å². The molecule has 0 spiro atoms. The Hall–Kier alpha value is -1.49. The van der Waals surface area contributed by atoms with Gasteiger partial charge in [0.15, 0.2) is 5.79 Å². The highest BCUT2D eigenvalue weighted by molar-refractivity contribution is 5.49. The summed E-state index contributed by atoms with van der Waals surface area (Å²) in [5, 5.41) is 0. The molecule has 1 heterocycles. The molecule has 1 saturated heterocycles. The Morgan fingerprint density at radius 3 is 2.50 bits per heavy atom. The van der Waals surface area contributed by atoms with Gasteiger partial charge in [0.25, 0.3) is 0 Å². The van der Waals surface area contributed by atoms with Crippen LogP contribution in [-0.2, 0) is 25.6 Å². The van der Waals surface area contributed by atoms with E-state index in [1.807, 2.05) is 32.0 Å². The Kier molecular flexibility index (Phi) is 9.27. The van der Waals surface area contributed by atoms with Crippen molar-refractivity contribution in [2.24, 2.45) is 11.8 Å². The van der Waals surface area contributed by atoms with Crippen LogP contribution in [0.3, 0.4) is 0 Å². The standard InChI is InChI=1S/C26H40O4/c1-20(14-15-24-25(3,4)30-26(5,6)29-24)23(13-10-17-27)21(2)16-18-28-19-22-11-8-7-9-12-22/h7-9,11-12,17,20,23-24H,2,10,13-16,18-19H2,1,3-6H3/t20-,23-,24-/m1/s1. The van der Waals surface area contributed by atoms with Crippen LogP contribution >= 0.6 is 0 Å². The van der Waals surface area contributed by atoms with Crippen LogP contribution in [0.1, 0.15) is 72.3 Å². The summed E-state index contributed by atoms with van der Waals surface area (Å²) in [5.41, 5.74) is 2.07. The Morgan fingerprint density at radius 2 is 1.90 bits per heavy atom. The van der Waals surface area contributed by atoms with Crippen molar-refractivity contribution in [2.45, 2.75) is 90.8 Å². The summed E-state index contributed by atoms with van der Waals surface area (Å²) in [5.74, 6) is 0.206. The summed E-state index contributed by atoms with van der Waals surface area (Å²) in [6, 6.07) is 10.2. The Bertz CT molecular complexity index is 665. The second kappa shape index (κ2) is 11.2. The zero-order valence-electron chi connectivity index (χ0n) is 19.5. The van der Waals surface area contributed by atoms with Crippen LogP contribution in [-0.4, -0.2) is 30.4 Å². The van der Waals surface area contributed by atoms with Gasteiger partial charge in [-0.1, -0.05) is 49.4 Å². The van der Waals surface area contributed by atoms with Crippen molar-refractivity contribution < 1.29 is 19.0 Å². The van der Waals surface area contributed by atoms with Gasteiger partial charge < -0.3 is 19.0 Å². The average Bonchev–Trinajstić information content (AvgIpc) is 2.90. The number of rotatable bonds is 13. The van der Waals surface area contributed by atoms with Crippen LogP contribution in [0.15, 0.2) is 42.5 Å². The van der Waals surface area contributed by atoms with Crippen molar-refractivity contribution in [3.8, 4) is 0 Å². The molecule has 1 fully saturated rings. The zero-order chi connectivity index (χ0) is 22.2. The smallest absolute Gasteiger partial charge is 0.164 e. The highest BCUT2D eigenvalue weighted by Gasteiger charge is 2.46. The van der Waals surface area contributed by atoms with Gasteiger partial charge in [-0.3, -0.25) is 0 Å². The number of benzene rings is 1. The number of ether oxygens (including phenoxy) is 3. The van der Waals surface area contributed by atoms with E-state index in [0.717, 1.165) is 32.0 Å². The summed E-state index contributed by atoms with van der Waals surface area (Å²) in [6.07, 6.45) is 5.28. The maximum atomic E-state index is 11.0. The minimum atomic E-state index is -0.534. The van der Waals surface area contributed by atoms with Gasteiger partial charge in [0, 0.05) is 6.42 Å². The molecule has 1 aliphatic rings. The lowest BCUT2D eigenvalue weighted by Crippen LogP contribution is -2.33.